The molecule has 26 heavy (non-hydrogen) atoms. The molecule has 0 bridgehead atoms. The fourth-order valence-electron chi connectivity index (χ4n) is 2.95. The molecular formula is C20H20N2O3S. The molecule has 0 aromatic heterocycles. The molecule has 5 nitrogen and oxygen atoms in total. The van der Waals surface area contributed by atoms with E-state index in [2.05, 4.69) is 10.3 Å². The highest BCUT2D eigenvalue weighted by Crippen LogP contribution is 2.20. The molecule has 0 fully saturated rings. The molecule has 0 spiro atoms. The molecule has 0 saturated heterocycles. The van der Waals surface area contributed by atoms with Gasteiger partial charge in [-0.15, -0.1) is 0 Å². The van der Waals surface area contributed by atoms with Gasteiger partial charge in [-0.05, 0) is 35.8 Å². The Morgan fingerprint density at radius 2 is 1.81 bits per heavy atom. The Labute approximate surface area is 157 Å². The molecule has 0 amide bonds. The maximum atomic E-state index is 12.4. The summed E-state index contributed by atoms with van der Waals surface area (Å²) < 4.78 is 5.44. The smallest absolute Gasteiger partial charge is 0.317 e. The Balaban J connectivity index is 1.64. The van der Waals surface area contributed by atoms with Crippen molar-refractivity contribution < 1.29 is 14.6 Å². The van der Waals surface area contributed by atoms with Crippen molar-refractivity contribution in [3.05, 3.63) is 60.2 Å². The second-order valence-electron chi connectivity index (χ2n) is 6.14. The summed E-state index contributed by atoms with van der Waals surface area (Å²) in [6.07, 6.45) is 0. The van der Waals surface area contributed by atoms with Gasteiger partial charge in [0.25, 0.3) is 0 Å². The monoisotopic (exact) mass is 368 g/mol. The number of hydrogen-bond donors (Lipinski definition) is 2. The van der Waals surface area contributed by atoms with Crippen molar-refractivity contribution in [3.63, 3.8) is 0 Å². The largest absolute Gasteiger partial charge is 0.460 e. The quantitative estimate of drug-likeness (QED) is 0.627. The highest BCUT2D eigenvalue weighted by molar-refractivity contribution is 7.80. The molecule has 134 valence electrons. The maximum absolute atomic E-state index is 12.4. The van der Waals surface area contributed by atoms with E-state index in [1.54, 1.807) is 6.92 Å². The van der Waals surface area contributed by atoms with Gasteiger partial charge in [0.05, 0.1) is 12.6 Å². The molecule has 2 aromatic carbocycles. The molecule has 2 N–H and O–H groups in total. The molecule has 2 unspecified atom stereocenters. The van der Waals surface area contributed by atoms with Crippen molar-refractivity contribution in [1.82, 2.24) is 5.32 Å². The van der Waals surface area contributed by atoms with Crippen molar-refractivity contribution in [3.8, 4) is 11.1 Å². The summed E-state index contributed by atoms with van der Waals surface area (Å²) in [6, 6.07) is 17.4. The van der Waals surface area contributed by atoms with E-state index in [1.165, 1.54) is 0 Å². The molecule has 6 heteroatoms. The number of aliphatic imine (C=N–C) groups is 1. The van der Waals surface area contributed by atoms with Crippen molar-refractivity contribution in [2.45, 2.75) is 19.6 Å². The average molecular weight is 368 g/mol. The normalized spacial score (nSPS) is 19.5. The third-order valence-corrected chi connectivity index (χ3v) is 4.54. The number of rotatable bonds is 5. The van der Waals surface area contributed by atoms with E-state index < -0.39 is 17.9 Å². The Bertz CT molecular complexity index is 819. The van der Waals surface area contributed by atoms with Gasteiger partial charge in [-0.3, -0.25) is 4.79 Å². The third kappa shape index (κ3) is 4.15. The SMILES string of the molecule is CC1=NC(=S)NC(CO)C1C(=O)OCc1ccc(-c2ccccc2)cc1. The maximum Gasteiger partial charge on any atom is 0.317 e. The van der Waals surface area contributed by atoms with Crippen LogP contribution in [0.1, 0.15) is 12.5 Å². The van der Waals surface area contributed by atoms with E-state index in [-0.39, 0.29) is 18.3 Å². The second-order valence-corrected chi connectivity index (χ2v) is 6.53. The summed E-state index contributed by atoms with van der Waals surface area (Å²) in [5, 5.41) is 12.6. The zero-order chi connectivity index (χ0) is 18.5. The molecule has 1 heterocycles. The number of thiocarbonyl (C=S) groups is 1. The zero-order valence-electron chi connectivity index (χ0n) is 14.4. The Morgan fingerprint density at radius 1 is 1.15 bits per heavy atom. The first-order valence-electron chi connectivity index (χ1n) is 8.36. The van der Waals surface area contributed by atoms with E-state index in [9.17, 15) is 9.90 Å². The van der Waals surface area contributed by atoms with Gasteiger partial charge >= 0.3 is 5.97 Å². The number of aliphatic hydroxyl groups is 1. The minimum atomic E-state index is -0.643. The number of nitrogens with one attached hydrogen (secondary N) is 1. The first kappa shape index (κ1) is 18.2. The van der Waals surface area contributed by atoms with Gasteiger partial charge in [-0.1, -0.05) is 54.6 Å². The lowest BCUT2D eigenvalue weighted by atomic mass is 9.94. The fourth-order valence-corrected chi connectivity index (χ4v) is 3.24. The number of carbonyl (C=O) groups excluding carboxylic acids is 1. The number of aliphatic hydroxyl groups excluding tert-OH is 1. The second kappa shape index (κ2) is 8.21. The van der Waals surface area contributed by atoms with Crippen molar-refractivity contribution in [2.24, 2.45) is 10.9 Å². The Morgan fingerprint density at radius 3 is 2.46 bits per heavy atom. The van der Waals surface area contributed by atoms with E-state index in [0.29, 0.717) is 5.71 Å². The predicted molar refractivity (Wildman–Crippen MR) is 105 cm³/mol. The standard InChI is InChI=1S/C20H20N2O3S/c1-13-18(17(11-23)22-20(26)21-13)19(24)25-12-14-7-9-16(10-8-14)15-5-3-2-4-6-15/h2-10,17-18,23H,11-12H2,1H3,(H,22,26). The van der Waals surface area contributed by atoms with Gasteiger partial charge in [0, 0.05) is 5.71 Å². The molecule has 1 aliphatic rings. The van der Waals surface area contributed by atoms with E-state index in [0.717, 1.165) is 16.7 Å². The van der Waals surface area contributed by atoms with Gasteiger partial charge < -0.3 is 15.2 Å². The Hall–Kier alpha value is -2.57. The summed E-state index contributed by atoms with van der Waals surface area (Å²) in [7, 11) is 0. The van der Waals surface area contributed by atoms with Crippen molar-refractivity contribution in [2.75, 3.05) is 6.61 Å². The number of nitrogens with zero attached hydrogens (tertiary/aromatic N) is 1. The van der Waals surface area contributed by atoms with Crippen LogP contribution >= 0.6 is 12.2 Å². The molecule has 2 atom stereocenters. The third-order valence-electron chi connectivity index (χ3n) is 4.33. The van der Waals surface area contributed by atoms with Crippen LogP contribution in [0.2, 0.25) is 0 Å². The number of carbonyl (C=O) groups is 1. The summed E-state index contributed by atoms with van der Waals surface area (Å²) >= 11 is 5.00. The van der Waals surface area contributed by atoms with Gasteiger partial charge in [-0.25, -0.2) is 4.99 Å². The lowest BCUT2D eigenvalue weighted by molar-refractivity contribution is -0.148. The van der Waals surface area contributed by atoms with Gasteiger partial charge in [0.15, 0.2) is 5.11 Å². The topological polar surface area (TPSA) is 70.9 Å². The van der Waals surface area contributed by atoms with Crippen LogP contribution in [-0.2, 0) is 16.1 Å². The predicted octanol–water partition coefficient (Wildman–Crippen LogP) is 2.72. The fraction of sp³-hybridized carbons (Fsp3) is 0.250. The number of ether oxygens (including phenoxy) is 1. The minimum Gasteiger partial charge on any atom is -0.460 e. The summed E-state index contributed by atoms with van der Waals surface area (Å²) in [6.45, 7) is 1.66. The van der Waals surface area contributed by atoms with Crippen LogP contribution in [0.5, 0.6) is 0 Å². The minimum absolute atomic E-state index is 0.167. The summed E-state index contributed by atoms with van der Waals surface area (Å²) in [4.78, 5) is 16.6. The van der Waals surface area contributed by atoms with Crippen molar-refractivity contribution >= 4 is 29.0 Å². The zero-order valence-corrected chi connectivity index (χ0v) is 15.2. The van der Waals surface area contributed by atoms with Crippen LogP contribution in [0, 0.1) is 5.92 Å². The van der Waals surface area contributed by atoms with Crippen LogP contribution in [0.4, 0.5) is 0 Å². The molecular weight excluding hydrogens is 348 g/mol. The van der Waals surface area contributed by atoms with Crippen LogP contribution in [0.15, 0.2) is 59.6 Å². The summed E-state index contributed by atoms with van der Waals surface area (Å²) in [5.41, 5.74) is 3.69. The van der Waals surface area contributed by atoms with Crippen LogP contribution in [0.3, 0.4) is 0 Å². The molecule has 1 aliphatic heterocycles. The molecule has 2 aromatic rings. The molecule has 3 rings (SSSR count). The van der Waals surface area contributed by atoms with E-state index >= 15 is 0 Å². The molecule has 0 saturated carbocycles. The highest BCUT2D eigenvalue weighted by Gasteiger charge is 2.35. The van der Waals surface area contributed by atoms with Crippen LogP contribution < -0.4 is 5.32 Å². The Kier molecular flexibility index (Phi) is 5.75. The number of esters is 1. The lowest BCUT2D eigenvalue weighted by Gasteiger charge is -2.29. The van der Waals surface area contributed by atoms with Crippen molar-refractivity contribution in [1.29, 1.82) is 0 Å². The first-order valence-corrected chi connectivity index (χ1v) is 8.77. The van der Waals surface area contributed by atoms with Gasteiger partial charge in [0.2, 0.25) is 0 Å². The molecule has 0 radical (unpaired) electrons. The lowest BCUT2D eigenvalue weighted by Crippen LogP contribution is -2.51. The highest BCUT2D eigenvalue weighted by atomic mass is 32.1. The van der Waals surface area contributed by atoms with Gasteiger partial charge in [0.1, 0.15) is 12.5 Å². The molecule has 0 aliphatic carbocycles. The van der Waals surface area contributed by atoms with Gasteiger partial charge in [-0.2, -0.15) is 0 Å². The average Bonchev–Trinajstić information content (AvgIpc) is 2.66. The van der Waals surface area contributed by atoms with E-state index in [4.69, 9.17) is 17.0 Å². The number of hydrogen-bond acceptors (Lipinski definition) is 4. The number of benzene rings is 2. The first-order chi connectivity index (χ1) is 12.6. The van der Waals surface area contributed by atoms with E-state index in [1.807, 2.05) is 54.6 Å². The summed E-state index contributed by atoms with van der Waals surface area (Å²) in [5.74, 6) is -1.07. The van der Waals surface area contributed by atoms with Crippen LogP contribution in [0.25, 0.3) is 11.1 Å². The van der Waals surface area contributed by atoms with Crippen LogP contribution in [-0.4, -0.2) is 34.5 Å².